The summed E-state index contributed by atoms with van der Waals surface area (Å²) in [6.07, 6.45) is 1.33. The van der Waals surface area contributed by atoms with Gasteiger partial charge in [-0.15, -0.1) is 0 Å². The molecule has 10 nitrogen and oxygen atoms in total. The van der Waals surface area contributed by atoms with E-state index in [1.54, 1.807) is 13.0 Å². The van der Waals surface area contributed by atoms with Crippen molar-refractivity contribution in [3.63, 3.8) is 0 Å². The summed E-state index contributed by atoms with van der Waals surface area (Å²) in [5.41, 5.74) is 5.09. The summed E-state index contributed by atoms with van der Waals surface area (Å²) >= 11 is 0. The zero-order valence-electron chi connectivity index (χ0n) is 23.5. The van der Waals surface area contributed by atoms with Crippen molar-refractivity contribution in [3.05, 3.63) is 70.4 Å². The van der Waals surface area contributed by atoms with Crippen molar-refractivity contribution in [3.8, 4) is 11.1 Å². The van der Waals surface area contributed by atoms with Gasteiger partial charge in [0.15, 0.2) is 5.82 Å². The fourth-order valence-corrected chi connectivity index (χ4v) is 5.22. The van der Waals surface area contributed by atoms with Gasteiger partial charge in [0.2, 0.25) is 11.8 Å². The molecule has 2 aromatic carbocycles. The predicted octanol–water partition coefficient (Wildman–Crippen LogP) is 4.12. The Labute approximate surface area is 233 Å². The van der Waals surface area contributed by atoms with Crippen molar-refractivity contribution in [2.24, 2.45) is 5.92 Å². The molecule has 1 aliphatic heterocycles. The number of urea groups is 1. The number of aryl methyl sites for hydroxylation is 1. The second-order valence-corrected chi connectivity index (χ2v) is 11.5. The smallest absolute Gasteiger partial charge is 0.337 e. The highest BCUT2D eigenvalue weighted by atomic mass is 16.5. The number of nitrogens with one attached hydrogen (secondary N) is 2. The standard InChI is InChI=1S/C30H35N5O5/c1-17-32-27(40-34-17)24-14-23(24)26(36)31-15-20-9-10-21(18-7-6-8-19(13-18)28(37)39-5)22-11-12-35(16-25(20)22)29(38)33-30(2,3)4/h6-10,13,23-24H,11-12,14-16H2,1-5H3,(H,31,36)(H,33,38)/t23-,24-/m1/s1. The van der Waals surface area contributed by atoms with E-state index in [1.807, 2.05) is 56.0 Å². The molecule has 210 valence electrons. The third-order valence-electron chi connectivity index (χ3n) is 7.31. The zero-order chi connectivity index (χ0) is 28.6. The van der Waals surface area contributed by atoms with E-state index in [9.17, 15) is 14.4 Å². The predicted molar refractivity (Wildman–Crippen MR) is 147 cm³/mol. The highest BCUT2D eigenvalue weighted by Gasteiger charge is 2.47. The van der Waals surface area contributed by atoms with Gasteiger partial charge in [0.25, 0.3) is 0 Å². The van der Waals surface area contributed by atoms with Crippen molar-refractivity contribution in [2.45, 2.75) is 65.1 Å². The van der Waals surface area contributed by atoms with Crippen LogP contribution in [-0.4, -0.2) is 52.1 Å². The molecule has 5 rings (SSSR count). The number of ether oxygens (including phenoxy) is 1. The van der Waals surface area contributed by atoms with Crippen LogP contribution in [0.5, 0.6) is 0 Å². The summed E-state index contributed by atoms with van der Waals surface area (Å²) in [5, 5.41) is 9.96. The van der Waals surface area contributed by atoms with E-state index >= 15 is 0 Å². The van der Waals surface area contributed by atoms with Crippen LogP contribution in [0.25, 0.3) is 11.1 Å². The van der Waals surface area contributed by atoms with Gasteiger partial charge in [-0.1, -0.05) is 29.4 Å². The van der Waals surface area contributed by atoms with Crippen LogP contribution >= 0.6 is 0 Å². The van der Waals surface area contributed by atoms with Crippen molar-refractivity contribution < 1.29 is 23.6 Å². The van der Waals surface area contributed by atoms with Crippen LogP contribution in [0.15, 0.2) is 40.9 Å². The van der Waals surface area contributed by atoms with Crippen LogP contribution < -0.4 is 10.6 Å². The Balaban J connectivity index is 1.40. The third kappa shape index (κ3) is 5.85. The molecular weight excluding hydrogens is 510 g/mol. The van der Waals surface area contributed by atoms with Crippen molar-refractivity contribution >= 4 is 17.9 Å². The van der Waals surface area contributed by atoms with E-state index in [0.717, 1.165) is 27.8 Å². The lowest BCUT2D eigenvalue weighted by molar-refractivity contribution is -0.122. The Bertz CT molecular complexity index is 1460. The van der Waals surface area contributed by atoms with Gasteiger partial charge in [-0.3, -0.25) is 4.79 Å². The molecular formula is C30H35N5O5. The summed E-state index contributed by atoms with van der Waals surface area (Å²) < 4.78 is 10.2. The number of benzene rings is 2. The highest BCUT2D eigenvalue weighted by molar-refractivity contribution is 5.91. The van der Waals surface area contributed by atoms with E-state index in [4.69, 9.17) is 9.26 Å². The lowest BCUT2D eigenvalue weighted by atomic mass is 9.87. The molecule has 40 heavy (non-hydrogen) atoms. The molecule has 1 saturated carbocycles. The number of amides is 3. The first-order chi connectivity index (χ1) is 19.0. The lowest BCUT2D eigenvalue weighted by Crippen LogP contribution is -2.50. The third-order valence-corrected chi connectivity index (χ3v) is 7.31. The van der Waals surface area contributed by atoms with E-state index in [-0.39, 0.29) is 29.3 Å². The van der Waals surface area contributed by atoms with Gasteiger partial charge in [-0.2, -0.15) is 4.98 Å². The molecule has 3 aromatic rings. The number of nitrogens with zero attached hydrogens (tertiary/aromatic N) is 3. The van der Waals surface area contributed by atoms with Crippen LogP contribution in [0, 0.1) is 12.8 Å². The molecule has 0 bridgehead atoms. The minimum Gasteiger partial charge on any atom is -0.465 e. The van der Waals surface area contributed by atoms with Gasteiger partial charge in [0.1, 0.15) is 0 Å². The molecule has 1 aliphatic carbocycles. The first-order valence-electron chi connectivity index (χ1n) is 13.5. The number of carbonyl (C=O) groups excluding carboxylic acids is 3. The Morgan fingerprint density at radius 2 is 1.95 bits per heavy atom. The molecule has 0 saturated heterocycles. The second kappa shape index (κ2) is 10.7. The summed E-state index contributed by atoms with van der Waals surface area (Å²) in [5.74, 6) is 0.386. The first kappa shape index (κ1) is 27.4. The largest absolute Gasteiger partial charge is 0.465 e. The number of hydrogen-bond acceptors (Lipinski definition) is 7. The van der Waals surface area contributed by atoms with Gasteiger partial charge >= 0.3 is 12.0 Å². The quantitative estimate of drug-likeness (QED) is 0.446. The maximum Gasteiger partial charge on any atom is 0.337 e. The van der Waals surface area contributed by atoms with Crippen LogP contribution in [-0.2, 0) is 29.0 Å². The molecule has 2 N–H and O–H groups in total. The maximum absolute atomic E-state index is 13.1. The van der Waals surface area contributed by atoms with Crippen LogP contribution in [0.3, 0.4) is 0 Å². The lowest BCUT2D eigenvalue weighted by Gasteiger charge is -2.34. The van der Waals surface area contributed by atoms with Gasteiger partial charge in [-0.05, 0) is 80.5 Å². The number of methoxy groups -OCH3 is 1. The minimum absolute atomic E-state index is 0.0452. The normalized spacial score (nSPS) is 18.1. The molecule has 0 spiro atoms. The Kier molecular flexibility index (Phi) is 7.35. The monoisotopic (exact) mass is 545 g/mol. The molecule has 2 atom stereocenters. The van der Waals surface area contributed by atoms with E-state index in [2.05, 4.69) is 20.8 Å². The summed E-state index contributed by atoms with van der Waals surface area (Å²) in [6, 6.07) is 11.3. The summed E-state index contributed by atoms with van der Waals surface area (Å²) in [6.45, 7) is 8.94. The Hall–Kier alpha value is -4.21. The van der Waals surface area contributed by atoms with Gasteiger partial charge in [-0.25, -0.2) is 9.59 Å². The molecule has 0 unspecified atom stereocenters. The number of aromatic nitrogens is 2. The van der Waals surface area contributed by atoms with Gasteiger partial charge in [0, 0.05) is 25.2 Å². The highest BCUT2D eigenvalue weighted by Crippen LogP contribution is 2.46. The Morgan fingerprint density at radius 3 is 2.65 bits per heavy atom. The average molecular weight is 546 g/mol. The number of rotatable bonds is 6. The SMILES string of the molecule is COC(=O)c1cccc(-c2ccc(CNC(=O)[C@@H]3C[C@H]3c3nc(C)no3)c3c2CCN(C(=O)NC(C)(C)C)C3)c1. The topological polar surface area (TPSA) is 127 Å². The Morgan fingerprint density at radius 1 is 1.15 bits per heavy atom. The van der Waals surface area contributed by atoms with Crippen molar-refractivity contribution in [1.29, 1.82) is 0 Å². The van der Waals surface area contributed by atoms with Gasteiger partial charge in [0.05, 0.1) is 24.5 Å². The molecule has 10 heteroatoms. The van der Waals surface area contributed by atoms with Crippen LogP contribution in [0.2, 0.25) is 0 Å². The van der Waals surface area contributed by atoms with Crippen molar-refractivity contribution in [1.82, 2.24) is 25.7 Å². The second-order valence-electron chi connectivity index (χ2n) is 11.5. The number of esters is 1. The molecule has 1 aromatic heterocycles. The summed E-state index contributed by atoms with van der Waals surface area (Å²) in [4.78, 5) is 44.3. The number of carbonyl (C=O) groups is 3. The van der Waals surface area contributed by atoms with Crippen molar-refractivity contribution in [2.75, 3.05) is 13.7 Å². The van der Waals surface area contributed by atoms with E-state index < -0.39 is 5.97 Å². The fraction of sp³-hybridized carbons (Fsp3) is 0.433. The molecule has 3 amide bonds. The number of fused-ring (bicyclic) bond motifs is 1. The molecule has 1 fully saturated rings. The first-order valence-corrected chi connectivity index (χ1v) is 13.5. The molecule has 2 aliphatic rings. The fourth-order valence-electron chi connectivity index (χ4n) is 5.22. The number of hydrogen-bond donors (Lipinski definition) is 2. The van der Waals surface area contributed by atoms with Gasteiger partial charge < -0.3 is 24.8 Å². The molecule has 0 radical (unpaired) electrons. The maximum atomic E-state index is 13.1. The van der Waals surface area contributed by atoms with Crippen LogP contribution in [0.4, 0.5) is 4.79 Å². The zero-order valence-corrected chi connectivity index (χ0v) is 23.5. The van der Waals surface area contributed by atoms with Crippen LogP contribution in [0.1, 0.15) is 71.9 Å². The van der Waals surface area contributed by atoms with E-state index in [0.29, 0.717) is 49.8 Å². The minimum atomic E-state index is -0.394. The molecule has 2 heterocycles. The summed E-state index contributed by atoms with van der Waals surface area (Å²) in [7, 11) is 1.37. The average Bonchev–Trinajstić information content (AvgIpc) is 3.62. The van der Waals surface area contributed by atoms with E-state index in [1.165, 1.54) is 7.11 Å².